The summed E-state index contributed by atoms with van der Waals surface area (Å²) in [6, 6.07) is 0. The fraction of sp³-hybridized carbons (Fsp3) is 0.714. The second kappa shape index (κ2) is 6.60. The van der Waals surface area contributed by atoms with E-state index in [4.69, 9.17) is 5.73 Å². The largest absolute Gasteiger partial charge is 0.370 e. The van der Waals surface area contributed by atoms with Crippen LogP contribution >= 0.6 is 0 Å². The first kappa shape index (κ1) is 10.9. The van der Waals surface area contributed by atoms with Gasteiger partial charge in [0.2, 0.25) is 5.91 Å². The van der Waals surface area contributed by atoms with Crippen LogP contribution in [-0.4, -0.2) is 18.5 Å². The predicted molar refractivity (Wildman–Crippen MR) is 40.8 cm³/mol. The van der Waals surface area contributed by atoms with E-state index in [0.717, 1.165) is 0 Å². The smallest absolute Gasteiger partial charge is 0.339 e. The highest BCUT2D eigenvalue weighted by Gasteiger charge is 1.96. The first-order chi connectivity index (χ1) is 5.63. The molecular weight excluding hydrogens is 162 g/mol. The Morgan fingerprint density at radius 1 is 1.33 bits per heavy atom. The average molecular weight is 175 g/mol. The maximum absolute atomic E-state index is 10.2. The molecule has 0 fully saturated rings. The Labute approximate surface area is 70.7 Å². The van der Waals surface area contributed by atoms with Crippen molar-refractivity contribution in [2.24, 2.45) is 5.73 Å². The number of hydrogen-bond donors (Lipinski definition) is 1. The molecule has 0 saturated heterocycles. The van der Waals surface area contributed by atoms with Gasteiger partial charge in [0.1, 0.15) is 0 Å². The van der Waals surface area contributed by atoms with Crippen LogP contribution < -0.4 is 5.73 Å². The van der Waals surface area contributed by atoms with Gasteiger partial charge >= 0.3 is 5.97 Å². The monoisotopic (exact) mass is 175 g/mol. The summed E-state index contributed by atoms with van der Waals surface area (Å²) in [5.41, 5.74) is 4.89. The van der Waals surface area contributed by atoms with Gasteiger partial charge in [-0.2, -0.15) is 4.89 Å². The molecule has 0 aliphatic rings. The molecule has 0 heterocycles. The van der Waals surface area contributed by atoms with Gasteiger partial charge in [-0.3, -0.25) is 9.68 Å². The van der Waals surface area contributed by atoms with Gasteiger partial charge in [0.05, 0.1) is 6.61 Å². The normalized spacial score (nSPS) is 9.42. The van der Waals surface area contributed by atoms with E-state index in [1.165, 1.54) is 6.92 Å². The topological polar surface area (TPSA) is 78.6 Å². The highest BCUT2D eigenvalue weighted by Crippen LogP contribution is 1.95. The number of nitrogens with two attached hydrogens (primary N) is 1. The van der Waals surface area contributed by atoms with Crippen molar-refractivity contribution in [2.45, 2.75) is 26.2 Å². The summed E-state index contributed by atoms with van der Waals surface area (Å²) in [6.45, 7) is 1.55. The molecule has 0 aromatic carbocycles. The molecule has 0 atom stereocenters. The number of carbonyl (C=O) groups excluding carboxylic acids is 2. The van der Waals surface area contributed by atoms with Crippen LogP contribution in [0.3, 0.4) is 0 Å². The second-order valence-electron chi connectivity index (χ2n) is 2.32. The number of amides is 1. The molecule has 0 spiro atoms. The molecule has 0 unspecified atom stereocenters. The molecule has 0 radical (unpaired) electrons. The maximum Gasteiger partial charge on any atom is 0.339 e. The van der Waals surface area contributed by atoms with Gasteiger partial charge in [0, 0.05) is 13.3 Å². The van der Waals surface area contributed by atoms with E-state index < -0.39 is 5.97 Å². The molecule has 0 rings (SSSR count). The Balaban J connectivity index is 3.01. The Kier molecular flexibility index (Phi) is 6.00. The Morgan fingerprint density at radius 3 is 2.50 bits per heavy atom. The van der Waals surface area contributed by atoms with Crippen LogP contribution in [0.5, 0.6) is 0 Å². The summed E-state index contributed by atoms with van der Waals surface area (Å²) in [4.78, 5) is 29.1. The van der Waals surface area contributed by atoms with Crippen molar-refractivity contribution in [3.63, 3.8) is 0 Å². The summed E-state index contributed by atoms with van der Waals surface area (Å²) in [6.07, 6.45) is 1.64. The van der Waals surface area contributed by atoms with Crippen molar-refractivity contribution < 1.29 is 19.4 Å². The molecule has 12 heavy (non-hydrogen) atoms. The van der Waals surface area contributed by atoms with E-state index in [9.17, 15) is 9.59 Å². The molecule has 5 heteroatoms. The van der Waals surface area contributed by atoms with Crippen LogP contribution in [0.15, 0.2) is 0 Å². The van der Waals surface area contributed by atoms with Crippen LogP contribution in [0.2, 0.25) is 0 Å². The summed E-state index contributed by atoms with van der Waals surface area (Å²) in [5.74, 6) is -0.813. The van der Waals surface area contributed by atoms with Crippen molar-refractivity contribution in [3.8, 4) is 0 Å². The van der Waals surface area contributed by atoms with Crippen molar-refractivity contribution >= 4 is 11.9 Å². The third-order valence-corrected chi connectivity index (χ3v) is 1.08. The van der Waals surface area contributed by atoms with Gasteiger partial charge < -0.3 is 5.73 Å². The Morgan fingerprint density at radius 2 is 2.00 bits per heavy atom. The standard InChI is InChI=1S/C7H13NO4/c1-6(9)12-11-5-3-2-4-7(8)10/h2-5H2,1H3,(H2,8,10). The molecule has 0 bridgehead atoms. The van der Waals surface area contributed by atoms with Gasteiger partial charge in [-0.25, -0.2) is 4.79 Å². The van der Waals surface area contributed by atoms with Gasteiger partial charge in [-0.15, -0.1) is 0 Å². The highest BCUT2D eigenvalue weighted by atomic mass is 17.2. The molecule has 5 nitrogen and oxygen atoms in total. The Bertz CT molecular complexity index is 139. The fourth-order valence-electron chi connectivity index (χ4n) is 0.585. The zero-order valence-corrected chi connectivity index (χ0v) is 7.04. The second-order valence-corrected chi connectivity index (χ2v) is 2.32. The predicted octanol–water partition coefficient (Wildman–Crippen LogP) is 0.137. The summed E-state index contributed by atoms with van der Waals surface area (Å²) < 4.78 is 0. The van der Waals surface area contributed by atoms with Crippen LogP contribution in [0.4, 0.5) is 0 Å². The lowest BCUT2D eigenvalue weighted by Crippen LogP contribution is -2.10. The summed E-state index contributed by atoms with van der Waals surface area (Å²) in [5, 5.41) is 0. The van der Waals surface area contributed by atoms with E-state index in [2.05, 4.69) is 9.78 Å². The Hall–Kier alpha value is -1.10. The minimum Gasteiger partial charge on any atom is -0.370 e. The molecule has 0 aliphatic carbocycles. The third kappa shape index (κ3) is 8.90. The number of carbonyl (C=O) groups is 2. The third-order valence-electron chi connectivity index (χ3n) is 1.08. The van der Waals surface area contributed by atoms with E-state index in [1.54, 1.807) is 0 Å². The summed E-state index contributed by atoms with van der Waals surface area (Å²) in [7, 11) is 0. The molecule has 1 amide bonds. The first-order valence-electron chi connectivity index (χ1n) is 3.71. The van der Waals surface area contributed by atoms with E-state index in [0.29, 0.717) is 25.9 Å². The molecular formula is C7H13NO4. The zero-order chi connectivity index (χ0) is 9.40. The fourth-order valence-corrected chi connectivity index (χ4v) is 0.585. The molecule has 2 N–H and O–H groups in total. The molecule has 70 valence electrons. The maximum atomic E-state index is 10.2. The van der Waals surface area contributed by atoms with Crippen LogP contribution in [-0.2, 0) is 19.4 Å². The van der Waals surface area contributed by atoms with Crippen LogP contribution in [0.1, 0.15) is 26.2 Å². The molecule has 0 aliphatic heterocycles. The van der Waals surface area contributed by atoms with Crippen LogP contribution in [0.25, 0.3) is 0 Å². The van der Waals surface area contributed by atoms with E-state index in [1.807, 2.05) is 0 Å². The van der Waals surface area contributed by atoms with Gasteiger partial charge in [0.15, 0.2) is 0 Å². The minimum atomic E-state index is -0.482. The number of rotatable bonds is 6. The lowest BCUT2D eigenvalue weighted by molar-refractivity contribution is -0.270. The van der Waals surface area contributed by atoms with E-state index >= 15 is 0 Å². The minimum absolute atomic E-state index is 0.298. The van der Waals surface area contributed by atoms with Crippen LogP contribution in [0, 0.1) is 0 Å². The highest BCUT2D eigenvalue weighted by molar-refractivity contribution is 5.73. The number of primary amides is 1. The van der Waals surface area contributed by atoms with Gasteiger partial charge in [-0.05, 0) is 12.8 Å². The lowest BCUT2D eigenvalue weighted by Gasteiger charge is -1.99. The SMILES string of the molecule is CC(=O)OOCCCCC(N)=O. The molecule has 0 aromatic rings. The van der Waals surface area contributed by atoms with Crippen molar-refractivity contribution in [2.75, 3.05) is 6.61 Å². The zero-order valence-electron chi connectivity index (χ0n) is 7.04. The van der Waals surface area contributed by atoms with Crippen molar-refractivity contribution in [1.82, 2.24) is 0 Å². The first-order valence-corrected chi connectivity index (χ1v) is 3.71. The molecule has 0 saturated carbocycles. The van der Waals surface area contributed by atoms with Crippen molar-refractivity contribution in [3.05, 3.63) is 0 Å². The molecule has 0 aromatic heterocycles. The van der Waals surface area contributed by atoms with Gasteiger partial charge in [-0.1, -0.05) is 0 Å². The number of unbranched alkanes of at least 4 members (excludes halogenated alkanes) is 1. The quantitative estimate of drug-likeness (QED) is 0.353. The average Bonchev–Trinajstić information content (AvgIpc) is 1.95. The number of hydrogen-bond acceptors (Lipinski definition) is 4. The van der Waals surface area contributed by atoms with E-state index in [-0.39, 0.29) is 5.91 Å². The summed E-state index contributed by atoms with van der Waals surface area (Å²) >= 11 is 0. The van der Waals surface area contributed by atoms with Crippen molar-refractivity contribution in [1.29, 1.82) is 0 Å². The van der Waals surface area contributed by atoms with Gasteiger partial charge in [0.25, 0.3) is 0 Å². The lowest BCUT2D eigenvalue weighted by atomic mass is 10.2.